The summed E-state index contributed by atoms with van der Waals surface area (Å²) < 4.78 is 1.53. The van der Waals surface area contributed by atoms with Crippen LogP contribution in [-0.2, 0) is 5.88 Å². The van der Waals surface area contributed by atoms with E-state index in [2.05, 4.69) is 20.1 Å². The predicted octanol–water partition coefficient (Wildman–Crippen LogP) is 0.796. The van der Waals surface area contributed by atoms with Crippen LogP contribution in [0, 0.1) is 0 Å². The number of nitrogens with zero attached hydrogens (tertiary/aromatic N) is 5. The van der Waals surface area contributed by atoms with Gasteiger partial charge in [0.1, 0.15) is 12.7 Å². The molecule has 0 saturated heterocycles. The Balaban J connectivity index is 2.33. The fourth-order valence-corrected chi connectivity index (χ4v) is 1.000. The fraction of sp³-hybridized carbons (Fsp3) is 0.143. The third-order valence-corrected chi connectivity index (χ3v) is 1.76. The highest BCUT2D eigenvalue weighted by atomic mass is 35.5. The minimum atomic E-state index is 0.366. The van der Waals surface area contributed by atoms with E-state index in [9.17, 15) is 0 Å². The van der Waals surface area contributed by atoms with Gasteiger partial charge in [0.05, 0.1) is 24.0 Å². The van der Waals surface area contributed by atoms with Crippen LogP contribution in [0.1, 0.15) is 5.69 Å². The zero-order chi connectivity index (χ0) is 9.10. The van der Waals surface area contributed by atoms with Gasteiger partial charge in [-0.3, -0.25) is 4.98 Å². The molecule has 6 heteroatoms. The first-order valence-electron chi connectivity index (χ1n) is 3.62. The Bertz CT molecular complexity index is 368. The fourth-order valence-electron chi connectivity index (χ4n) is 0.862. The molecule has 0 aromatic carbocycles. The summed E-state index contributed by atoms with van der Waals surface area (Å²) >= 11 is 5.57. The molecule has 0 aliphatic heterocycles. The van der Waals surface area contributed by atoms with E-state index in [1.54, 1.807) is 18.7 Å². The minimum absolute atomic E-state index is 0.366. The first kappa shape index (κ1) is 8.12. The lowest BCUT2D eigenvalue weighted by Crippen LogP contribution is -1.99. The van der Waals surface area contributed by atoms with Crippen molar-refractivity contribution < 1.29 is 0 Å². The van der Waals surface area contributed by atoms with E-state index in [1.165, 1.54) is 11.0 Å². The summed E-state index contributed by atoms with van der Waals surface area (Å²) in [5.74, 6) is 0.997. The lowest BCUT2D eigenvalue weighted by Gasteiger charge is -1.98. The van der Waals surface area contributed by atoms with Crippen molar-refractivity contribution in [3.05, 3.63) is 30.7 Å². The van der Waals surface area contributed by atoms with Crippen LogP contribution >= 0.6 is 11.6 Å². The van der Waals surface area contributed by atoms with E-state index in [4.69, 9.17) is 11.6 Å². The van der Waals surface area contributed by atoms with Crippen LogP contribution in [0.2, 0.25) is 0 Å². The number of alkyl halides is 1. The van der Waals surface area contributed by atoms with Gasteiger partial charge in [-0.1, -0.05) is 0 Å². The molecule has 66 valence electrons. The molecule has 2 rings (SSSR count). The van der Waals surface area contributed by atoms with E-state index in [1.807, 2.05) is 0 Å². The molecule has 0 saturated carbocycles. The first-order valence-corrected chi connectivity index (χ1v) is 4.15. The van der Waals surface area contributed by atoms with Gasteiger partial charge in [0.2, 0.25) is 0 Å². The zero-order valence-electron chi connectivity index (χ0n) is 6.63. The molecule has 13 heavy (non-hydrogen) atoms. The van der Waals surface area contributed by atoms with Crippen LogP contribution in [0.5, 0.6) is 0 Å². The largest absolute Gasteiger partial charge is 0.254 e. The van der Waals surface area contributed by atoms with E-state index >= 15 is 0 Å². The summed E-state index contributed by atoms with van der Waals surface area (Å²) in [5, 5.41) is 3.91. The molecule has 2 aromatic rings. The highest BCUT2D eigenvalue weighted by molar-refractivity contribution is 6.16. The van der Waals surface area contributed by atoms with Crippen molar-refractivity contribution in [1.29, 1.82) is 0 Å². The number of rotatable bonds is 2. The van der Waals surface area contributed by atoms with Gasteiger partial charge in [-0.05, 0) is 0 Å². The second kappa shape index (κ2) is 3.49. The Kier molecular flexibility index (Phi) is 2.18. The second-order valence-electron chi connectivity index (χ2n) is 2.34. The Hall–Kier alpha value is -1.49. The Morgan fingerprint density at radius 2 is 2.23 bits per heavy atom. The third-order valence-electron chi connectivity index (χ3n) is 1.48. The van der Waals surface area contributed by atoms with Crippen molar-refractivity contribution in [1.82, 2.24) is 24.7 Å². The quantitative estimate of drug-likeness (QED) is 0.665. The van der Waals surface area contributed by atoms with Crippen molar-refractivity contribution in [2.24, 2.45) is 0 Å². The Morgan fingerprint density at radius 3 is 2.77 bits per heavy atom. The van der Waals surface area contributed by atoms with Crippen molar-refractivity contribution >= 4 is 11.6 Å². The standard InChI is InChI=1S/C7H6ClN5/c8-1-6-2-11-7(3-10-6)13-5-9-4-12-13/h2-5H,1H2. The molecule has 0 bridgehead atoms. The van der Waals surface area contributed by atoms with Crippen molar-refractivity contribution in [3.63, 3.8) is 0 Å². The monoisotopic (exact) mass is 195 g/mol. The molecular weight excluding hydrogens is 190 g/mol. The number of aromatic nitrogens is 5. The molecule has 0 atom stereocenters. The zero-order valence-corrected chi connectivity index (χ0v) is 7.39. The lowest BCUT2D eigenvalue weighted by atomic mass is 10.5. The number of halogens is 1. The summed E-state index contributed by atoms with van der Waals surface area (Å²) in [6.07, 6.45) is 6.22. The smallest absolute Gasteiger partial charge is 0.173 e. The van der Waals surface area contributed by atoms with Crippen LogP contribution in [0.15, 0.2) is 25.0 Å². The summed E-state index contributed by atoms with van der Waals surface area (Å²) in [4.78, 5) is 12.0. The average molecular weight is 196 g/mol. The molecule has 0 amide bonds. The van der Waals surface area contributed by atoms with E-state index in [0.29, 0.717) is 11.7 Å². The number of hydrogen-bond donors (Lipinski definition) is 0. The summed E-state index contributed by atoms with van der Waals surface area (Å²) in [6, 6.07) is 0. The first-order chi connectivity index (χ1) is 6.40. The maximum atomic E-state index is 5.57. The van der Waals surface area contributed by atoms with Crippen LogP contribution in [0.25, 0.3) is 5.82 Å². The normalized spacial score (nSPS) is 10.2. The van der Waals surface area contributed by atoms with Gasteiger partial charge in [0.25, 0.3) is 0 Å². The van der Waals surface area contributed by atoms with E-state index < -0.39 is 0 Å². The topological polar surface area (TPSA) is 56.5 Å². The minimum Gasteiger partial charge on any atom is -0.254 e. The highest BCUT2D eigenvalue weighted by Gasteiger charge is 1.98. The molecule has 0 spiro atoms. The van der Waals surface area contributed by atoms with Gasteiger partial charge < -0.3 is 0 Å². The van der Waals surface area contributed by atoms with Gasteiger partial charge in [0.15, 0.2) is 5.82 Å². The molecule has 0 fully saturated rings. The summed E-state index contributed by atoms with van der Waals surface area (Å²) in [6.45, 7) is 0. The Morgan fingerprint density at radius 1 is 1.31 bits per heavy atom. The van der Waals surface area contributed by atoms with Gasteiger partial charge in [-0.2, -0.15) is 5.10 Å². The summed E-state index contributed by atoms with van der Waals surface area (Å²) in [7, 11) is 0. The molecule has 0 aliphatic carbocycles. The SMILES string of the molecule is ClCc1cnc(-n2cncn2)cn1. The van der Waals surface area contributed by atoms with Gasteiger partial charge in [-0.15, -0.1) is 11.6 Å². The van der Waals surface area contributed by atoms with Crippen molar-refractivity contribution in [2.45, 2.75) is 5.88 Å². The van der Waals surface area contributed by atoms with Gasteiger partial charge >= 0.3 is 0 Å². The van der Waals surface area contributed by atoms with Crippen LogP contribution in [0.3, 0.4) is 0 Å². The van der Waals surface area contributed by atoms with E-state index in [0.717, 1.165) is 5.69 Å². The molecule has 0 unspecified atom stereocenters. The molecule has 2 aromatic heterocycles. The van der Waals surface area contributed by atoms with Gasteiger partial charge in [-0.25, -0.2) is 14.6 Å². The van der Waals surface area contributed by atoms with Crippen molar-refractivity contribution in [3.8, 4) is 5.82 Å². The van der Waals surface area contributed by atoms with Gasteiger partial charge in [0, 0.05) is 0 Å². The average Bonchev–Trinajstić information content (AvgIpc) is 2.71. The summed E-state index contributed by atoms with van der Waals surface area (Å²) in [5.41, 5.74) is 0.741. The van der Waals surface area contributed by atoms with Crippen LogP contribution < -0.4 is 0 Å². The highest BCUT2D eigenvalue weighted by Crippen LogP contribution is 2.01. The molecule has 5 nitrogen and oxygen atoms in total. The molecule has 0 aliphatic rings. The number of hydrogen-bond acceptors (Lipinski definition) is 4. The van der Waals surface area contributed by atoms with E-state index in [-0.39, 0.29) is 0 Å². The second-order valence-corrected chi connectivity index (χ2v) is 2.61. The molecular formula is C7H6ClN5. The maximum absolute atomic E-state index is 5.57. The Labute approximate surface area is 79.4 Å². The molecule has 2 heterocycles. The predicted molar refractivity (Wildman–Crippen MR) is 46.5 cm³/mol. The third kappa shape index (κ3) is 1.65. The molecule has 0 radical (unpaired) electrons. The lowest BCUT2D eigenvalue weighted by molar-refractivity contribution is 0.831. The maximum Gasteiger partial charge on any atom is 0.173 e. The van der Waals surface area contributed by atoms with Crippen LogP contribution in [0.4, 0.5) is 0 Å². The van der Waals surface area contributed by atoms with Crippen molar-refractivity contribution in [2.75, 3.05) is 0 Å². The van der Waals surface area contributed by atoms with Crippen LogP contribution in [-0.4, -0.2) is 24.7 Å². The molecule has 0 N–H and O–H groups in total.